The van der Waals surface area contributed by atoms with Crippen LogP contribution in [-0.4, -0.2) is 31.2 Å². The smallest absolute Gasteiger partial charge is 0.129 e. The van der Waals surface area contributed by atoms with Gasteiger partial charge in [-0.1, -0.05) is 11.6 Å². The molecule has 0 unspecified atom stereocenters. The average molecular weight is 324 g/mol. The molecule has 0 amide bonds. The summed E-state index contributed by atoms with van der Waals surface area (Å²) in [4.78, 5) is 8.65. The average Bonchev–Trinajstić information content (AvgIpc) is 2.62. The summed E-state index contributed by atoms with van der Waals surface area (Å²) in [6.07, 6.45) is 1.66. The number of benzene rings is 1. The monoisotopic (exact) mass is 323 g/mol. The molecule has 0 atom stereocenters. The molecular weight excluding hydrogens is 310 g/mol. The molecule has 1 aliphatic rings. The standard InChI is InChI=1S/C17H14ClN5/c18-15-2-1-14(12-20)16(10-15)22-5-7-23(8-6-22)17-9-13(11-19)3-4-21-17/h1-4,9-10H,5-8H2. The molecule has 0 spiro atoms. The van der Waals surface area contributed by atoms with Crippen LogP contribution in [0, 0.1) is 22.7 Å². The number of aromatic nitrogens is 1. The minimum atomic E-state index is 0.610. The first-order chi connectivity index (χ1) is 11.2. The van der Waals surface area contributed by atoms with Crippen molar-refractivity contribution >= 4 is 23.1 Å². The van der Waals surface area contributed by atoms with Gasteiger partial charge in [-0.2, -0.15) is 10.5 Å². The quantitative estimate of drug-likeness (QED) is 0.850. The van der Waals surface area contributed by atoms with E-state index in [1.807, 2.05) is 6.07 Å². The lowest BCUT2D eigenvalue weighted by Gasteiger charge is -2.37. The number of pyridine rings is 1. The molecule has 2 aromatic rings. The largest absolute Gasteiger partial charge is 0.367 e. The summed E-state index contributed by atoms with van der Waals surface area (Å²) in [5, 5.41) is 18.9. The topological polar surface area (TPSA) is 67.0 Å². The summed E-state index contributed by atoms with van der Waals surface area (Å²) in [6, 6.07) is 13.2. The van der Waals surface area contributed by atoms with Gasteiger partial charge in [0.25, 0.3) is 0 Å². The van der Waals surface area contributed by atoms with E-state index in [0.717, 1.165) is 37.7 Å². The van der Waals surface area contributed by atoms with Crippen molar-refractivity contribution in [3.63, 3.8) is 0 Å². The van der Waals surface area contributed by atoms with Crippen molar-refractivity contribution in [1.82, 2.24) is 4.98 Å². The van der Waals surface area contributed by atoms with E-state index in [2.05, 4.69) is 26.9 Å². The van der Waals surface area contributed by atoms with E-state index >= 15 is 0 Å². The van der Waals surface area contributed by atoms with Gasteiger partial charge in [0.15, 0.2) is 0 Å². The molecule has 1 aliphatic heterocycles. The summed E-state index contributed by atoms with van der Waals surface area (Å²) in [6.45, 7) is 3.10. The van der Waals surface area contributed by atoms with Gasteiger partial charge in [-0.3, -0.25) is 0 Å². The number of nitriles is 2. The summed E-state index contributed by atoms with van der Waals surface area (Å²) < 4.78 is 0. The summed E-state index contributed by atoms with van der Waals surface area (Å²) in [7, 11) is 0. The molecule has 1 fully saturated rings. The lowest BCUT2D eigenvalue weighted by Crippen LogP contribution is -2.47. The molecule has 0 saturated carbocycles. The first-order valence-electron chi connectivity index (χ1n) is 7.27. The Hall–Kier alpha value is -2.76. The lowest BCUT2D eigenvalue weighted by atomic mass is 10.1. The van der Waals surface area contributed by atoms with E-state index in [4.69, 9.17) is 16.9 Å². The van der Waals surface area contributed by atoms with Crippen molar-refractivity contribution in [3.05, 3.63) is 52.7 Å². The predicted molar refractivity (Wildman–Crippen MR) is 89.5 cm³/mol. The van der Waals surface area contributed by atoms with Gasteiger partial charge in [-0.05, 0) is 30.3 Å². The van der Waals surface area contributed by atoms with Crippen LogP contribution in [0.3, 0.4) is 0 Å². The molecule has 1 aromatic carbocycles. The van der Waals surface area contributed by atoms with E-state index in [1.165, 1.54) is 0 Å². The van der Waals surface area contributed by atoms with Crippen LogP contribution in [0.5, 0.6) is 0 Å². The van der Waals surface area contributed by atoms with Crippen LogP contribution < -0.4 is 9.80 Å². The fraction of sp³-hybridized carbons (Fsp3) is 0.235. The van der Waals surface area contributed by atoms with Crippen LogP contribution in [-0.2, 0) is 0 Å². The molecule has 0 bridgehead atoms. The van der Waals surface area contributed by atoms with E-state index in [-0.39, 0.29) is 0 Å². The fourth-order valence-corrected chi connectivity index (χ4v) is 2.86. The van der Waals surface area contributed by atoms with Crippen molar-refractivity contribution in [2.24, 2.45) is 0 Å². The minimum absolute atomic E-state index is 0.610. The molecule has 6 heteroatoms. The number of nitrogens with zero attached hydrogens (tertiary/aromatic N) is 5. The maximum absolute atomic E-state index is 9.26. The molecule has 1 aromatic heterocycles. The normalized spacial score (nSPS) is 14.2. The molecular formula is C17H14ClN5. The van der Waals surface area contributed by atoms with Gasteiger partial charge in [0, 0.05) is 37.4 Å². The molecule has 5 nitrogen and oxygen atoms in total. The zero-order valence-corrected chi connectivity index (χ0v) is 13.2. The second-order valence-corrected chi connectivity index (χ2v) is 5.70. The second-order valence-electron chi connectivity index (χ2n) is 5.26. The number of halogens is 1. The Bertz CT molecular complexity index is 797. The maximum Gasteiger partial charge on any atom is 0.129 e. The molecule has 114 valence electrons. The Morgan fingerprint density at radius 2 is 1.70 bits per heavy atom. The number of anilines is 2. The minimum Gasteiger partial charge on any atom is -0.367 e. The van der Waals surface area contributed by atoms with Gasteiger partial charge in [0.1, 0.15) is 11.9 Å². The molecule has 2 heterocycles. The number of rotatable bonds is 2. The maximum atomic E-state index is 9.26. The fourth-order valence-electron chi connectivity index (χ4n) is 2.70. The highest BCUT2D eigenvalue weighted by Crippen LogP contribution is 2.26. The van der Waals surface area contributed by atoms with E-state index in [1.54, 1.807) is 30.5 Å². The van der Waals surface area contributed by atoms with E-state index in [9.17, 15) is 5.26 Å². The SMILES string of the molecule is N#Cc1ccnc(N2CCN(c3cc(Cl)ccc3C#N)CC2)c1. The van der Waals surface area contributed by atoms with Gasteiger partial charge in [-0.25, -0.2) is 4.98 Å². The summed E-state index contributed by atoms with van der Waals surface area (Å²) >= 11 is 6.06. The Kier molecular flexibility index (Phi) is 4.32. The van der Waals surface area contributed by atoms with E-state index < -0.39 is 0 Å². The molecule has 0 N–H and O–H groups in total. The van der Waals surface area contributed by atoms with Crippen LogP contribution in [0.1, 0.15) is 11.1 Å². The first kappa shape index (κ1) is 15.1. The van der Waals surface area contributed by atoms with Crippen LogP contribution >= 0.6 is 11.6 Å². The number of hydrogen-bond donors (Lipinski definition) is 0. The van der Waals surface area contributed by atoms with Gasteiger partial charge >= 0.3 is 0 Å². The van der Waals surface area contributed by atoms with Crippen molar-refractivity contribution < 1.29 is 0 Å². The molecule has 0 aliphatic carbocycles. The van der Waals surface area contributed by atoms with Crippen LogP contribution in [0.15, 0.2) is 36.5 Å². The third kappa shape index (κ3) is 3.21. The number of hydrogen-bond acceptors (Lipinski definition) is 5. The third-order valence-electron chi connectivity index (χ3n) is 3.90. The van der Waals surface area contributed by atoms with Gasteiger partial charge in [0.05, 0.1) is 22.9 Å². The lowest BCUT2D eigenvalue weighted by molar-refractivity contribution is 0.647. The van der Waals surface area contributed by atoms with Crippen LogP contribution in [0.25, 0.3) is 0 Å². The van der Waals surface area contributed by atoms with Crippen molar-refractivity contribution in [2.45, 2.75) is 0 Å². The van der Waals surface area contributed by atoms with Crippen molar-refractivity contribution in [2.75, 3.05) is 36.0 Å². The van der Waals surface area contributed by atoms with Gasteiger partial charge < -0.3 is 9.80 Å². The summed E-state index contributed by atoms with van der Waals surface area (Å²) in [5.41, 5.74) is 2.12. The Morgan fingerprint density at radius 1 is 0.957 bits per heavy atom. The zero-order chi connectivity index (χ0) is 16.2. The Balaban J connectivity index is 1.75. The molecule has 23 heavy (non-hydrogen) atoms. The second kappa shape index (κ2) is 6.56. The Morgan fingerprint density at radius 3 is 2.39 bits per heavy atom. The van der Waals surface area contributed by atoms with E-state index in [0.29, 0.717) is 16.1 Å². The highest BCUT2D eigenvalue weighted by molar-refractivity contribution is 6.30. The van der Waals surface area contributed by atoms with Crippen LogP contribution in [0.2, 0.25) is 5.02 Å². The molecule has 0 radical (unpaired) electrons. The summed E-state index contributed by atoms with van der Waals surface area (Å²) in [5.74, 6) is 0.815. The van der Waals surface area contributed by atoms with Crippen molar-refractivity contribution in [1.29, 1.82) is 10.5 Å². The molecule has 1 saturated heterocycles. The zero-order valence-electron chi connectivity index (χ0n) is 12.4. The highest BCUT2D eigenvalue weighted by atomic mass is 35.5. The highest BCUT2D eigenvalue weighted by Gasteiger charge is 2.20. The van der Waals surface area contributed by atoms with Gasteiger partial charge in [0.2, 0.25) is 0 Å². The van der Waals surface area contributed by atoms with Gasteiger partial charge in [-0.15, -0.1) is 0 Å². The predicted octanol–water partition coefficient (Wildman–Crippen LogP) is 2.80. The third-order valence-corrected chi connectivity index (χ3v) is 4.13. The Labute approximate surface area is 140 Å². The van der Waals surface area contributed by atoms with Crippen LogP contribution in [0.4, 0.5) is 11.5 Å². The number of piperazine rings is 1. The molecule has 3 rings (SSSR count). The first-order valence-corrected chi connectivity index (χ1v) is 7.65. The van der Waals surface area contributed by atoms with Crippen molar-refractivity contribution in [3.8, 4) is 12.1 Å².